The van der Waals surface area contributed by atoms with E-state index >= 15 is 0 Å². The van der Waals surface area contributed by atoms with E-state index in [4.69, 9.17) is 11.6 Å². The summed E-state index contributed by atoms with van der Waals surface area (Å²) < 4.78 is -0.843. The van der Waals surface area contributed by atoms with Gasteiger partial charge in [0.05, 0.1) is 27.3 Å². The Labute approximate surface area is 216 Å². The minimum absolute atomic E-state index is 0.0192. The van der Waals surface area contributed by atoms with Crippen LogP contribution in [0.5, 0.6) is 0 Å². The third kappa shape index (κ3) is 3.88. The quantitative estimate of drug-likeness (QED) is 0.268. The zero-order chi connectivity index (χ0) is 24.8. The molecule has 3 heterocycles. The van der Waals surface area contributed by atoms with Gasteiger partial charge in [-0.25, -0.2) is 0 Å². The largest absolute Gasteiger partial charge is 0.481 e. The Bertz CT molecular complexity index is 1000. The zero-order valence-corrected chi connectivity index (χ0v) is 22.0. The molecule has 3 unspecified atom stereocenters. The Morgan fingerprint density at radius 3 is 2.76 bits per heavy atom. The predicted molar refractivity (Wildman–Crippen MR) is 137 cm³/mol. The van der Waals surface area contributed by atoms with E-state index in [2.05, 4.69) is 22.5 Å². The van der Waals surface area contributed by atoms with Gasteiger partial charge in [0.25, 0.3) is 5.91 Å². The third-order valence-electron chi connectivity index (χ3n) is 7.15. The molecule has 0 radical (unpaired) electrons. The van der Waals surface area contributed by atoms with Crippen LogP contribution < -0.4 is 4.90 Å². The van der Waals surface area contributed by atoms with Gasteiger partial charge in [0.2, 0.25) is 5.91 Å². The molecule has 7 nitrogen and oxygen atoms in total. The molecule has 1 aromatic carbocycles. The molecule has 3 aliphatic heterocycles. The maximum Gasteiger partial charge on any atom is 0.308 e. The van der Waals surface area contributed by atoms with E-state index in [0.717, 1.165) is 5.56 Å². The van der Waals surface area contributed by atoms with Crippen molar-refractivity contribution in [2.75, 3.05) is 24.6 Å². The number of halogens is 2. The highest BCUT2D eigenvalue weighted by Crippen LogP contribution is 2.67. The number of benzene rings is 1. The molecule has 2 N–H and O–H groups in total. The van der Waals surface area contributed by atoms with Gasteiger partial charge in [0, 0.05) is 29.8 Å². The number of fused-ring (bicyclic) bond motifs is 1. The molecule has 3 aliphatic rings. The molecule has 4 rings (SSSR count). The van der Waals surface area contributed by atoms with Gasteiger partial charge in [-0.1, -0.05) is 45.7 Å². The van der Waals surface area contributed by atoms with E-state index < -0.39 is 28.6 Å². The van der Waals surface area contributed by atoms with Crippen LogP contribution in [0.4, 0.5) is 5.69 Å². The number of aliphatic carboxylic acids is 1. The van der Waals surface area contributed by atoms with Crippen molar-refractivity contribution in [1.29, 1.82) is 0 Å². The topological polar surface area (TPSA) is 98.2 Å². The normalized spacial score (nSPS) is 31.6. The van der Waals surface area contributed by atoms with E-state index in [9.17, 15) is 24.6 Å². The molecule has 184 valence electrons. The summed E-state index contributed by atoms with van der Waals surface area (Å²) in [4.78, 5) is 43.3. The van der Waals surface area contributed by atoms with Gasteiger partial charge < -0.3 is 20.0 Å². The van der Waals surface area contributed by atoms with Gasteiger partial charge in [-0.15, -0.1) is 18.3 Å². The van der Waals surface area contributed by atoms with Gasteiger partial charge in [-0.3, -0.25) is 14.4 Å². The lowest BCUT2D eigenvalue weighted by Crippen LogP contribution is -2.55. The first-order valence-electron chi connectivity index (χ1n) is 11.3. The van der Waals surface area contributed by atoms with Crippen molar-refractivity contribution in [2.24, 2.45) is 11.8 Å². The number of unbranched alkanes of at least 4 members (excludes halogenated alkanes) is 1. The van der Waals surface area contributed by atoms with Crippen molar-refractivity contribution >= 4 is 62.8 Å². The summed E-state index contributed by atoms with van der Waals surface area (Å²) in [6.45, 7) is 6.15. The lowest BCUT2D eigenvalue weighted by Gasteiger charge is -2.38. The second-order valence-electron chi connectivity index (χ2n) is 9.11. The van der Waals surface area contributed by atoms with Crippen LogP contribution in [0.15, 0.2) is 30.9 Å². The number of amides is 2. The fraction of sp³-hybridized carbons (Fsp3) is 0.542. The van der Waals surface area contributed by atoms with Crippen LogP contribution in [0.3, 0.4) is 0 Å². The molecule has 0 saturated carbocycles. The number of aliphatic hydroxyl groups is 1. The monoisotopic (exact) mass is 570 g/mol. The maximum absolute atomic E-state index is 14.3. The number of carboxylic acids is 1. The number of anilines is 1. The lowest BCUT2D eigenvalue weighted by atomic mass is 9.71. The Morgan fingerprint density at radius 1 is 1.41 bits per heavy atom. The van der Waals surface area contributed by atoms with Crippen molar-refractivity contribution in [2.45, 2.75) is 47.1 Å². The molecule has 3 fully saturated rings. The molecule has 3 saturated heterocycles. The summed E-state index contributed by atoms with van der Waals surface area (Å²) in [5.74, 6) is -3.20. The van der Waals surface area contributed by atoms with Crippen LogP contribution >= 0.6 is 39.3 Å². The van der Waals surface area contributed by atoms with Crippen molar-refractivity contribution in [3.05, 3.63) is 41.4 Å². The molecule has 1 spiro atoms. The molecule has 34 heavy (non-hydrogen) atoms. The van der Waals surface area contributed by atoms with Crippen LogP contribution in [0.1, 0.15) is 24.8 Å². The number of hydrogen-bond acceptors (Lipinski definition) is 5. The first kappa shape index (κ1) is 25.5. The number of thioether (sulfide) groups is 1. The Kier molecular flexibility index (Phi) is 7.39. The average molecular weight is 572 g/mol. The molecule has 0 aromatic heterocycles. The second-order valence-corrected chi connectivity index (χ2v) is 12.2. The fourth-order valence-corrected chi connectivity index (χ4v) is 9.78. The number of aryl methyl sites for hydroxylation is 1. The van der Waals surface area contributed by atoms with Gasteiger partial charge in [0.1, 0.15) is 6.04 Å². The summed E-state index contributed by atoms with van der Waals surface area (Å²) in [6, 6.07) is 4.57. The molecular weight excluding hydrogens is 544 g/mol. The van der Waals surface area contributed by atoms with Crippen molar-refractivity contribution < 1.29 is 24.6 Å². The van der Waals surface area contributed by atoms with E-state index in [0.29, 0.717) is 30.0 Å². The smallest absolute Gasteiger partial charge is 0.308 e. The van der Waals surface area contributed by atoms with Crippen LogP contribution in [0.2, 0.25) is 5.02 Å². The molecule has 1 aromatic rings. The highest BCUT2D eigenvalue weighted by Gasteiger charge is 2.76. The number of aliphatic hydroxyl groups excluding tert-OH is 1. The number of carbonyl (C=O) groups is 3. The SMILES string of the molecule is C=CCN(C(=O)C1N(CCCCO)C(=O)[C@@H]2[C@H](C(=O)O)[C@H]3SC12CC3Br)c1c(C)cccc1Cl. The lowest BCUT2D eigenvalue weighted by molar-refractivity contribution is -0.148. The highest BCUT2D eigenvalue weighted by atomic mass is 79.9. The van der Waals surface area contributed by atoms with Crippen molar-refractivity contribution in [1.82, 2.24) is 4.90 Å². The van der Waals surface area contributed by atoms with Gasteiger partial charge in [-0.05, 0) is 37.8 Å². The van der Waals surface area contributed by atoms with E-state index in [1.807, 2.05) is 19.1 Å². The van der Waals surface area contributed by atoms with Crippen LogP contribution in [-0.2, 0) is 14.4 Å². The predicted octanol–water partition coefficient (Wildman–Crippen LogP) is 3.49. The van der Waals surface area contributed by atoms with Crippen LogP contribution in [0, 0.1) is 18.8 Å². The number of alkyl halides is 1. The number of nitrogens with zero attached hydrogens (tertiary/aromatic N) is 2. The summed E-state index contributed by atoms with van der Waals surface area (Å²) in [5, 5.41) is 19.4. The number of carboxylic acid groups (broad SMARTS) is 1. The number of para-hydroxylation sites is 1. The maximum atomic E-state index is 14.3. The molecule has 6 atom stereocenters. The average Bonchev–Trinajstić information content (AvgIpc) is 3.36. The number of carbonyl (C=O) groups excluding carboxylic acids is 2. The van der Waals surface area contributed by atoms with Gasteiger partial charge >= 0.3 is 5.97 Å². The third-order valence-corrected chi connectivity index (χ3v) is 10.7. The van der Waals surface area contributed by atoms with Crippen LogP contribution in [-0.4, -0.2) is 73.5 Å². The van der Waals surface area contributed by atoms with Crippen molar-refractivity contribution in [3.63, 3.8) is 0 Å². The Morgan fingerprint density at radius 2 is 2.15 bits per heavy atom. The molecular formula is C24H28BrClN2O5S. The Hall–Kier alpha value is -1.55. The van der Waals surface area contributed by atoms with Crippen molar-refractivity contribution in [3.8, 4) is 0 Å². The zero-order valence-electron chi connectivity index (χ0n) is 18.8. The first-order chi connectivity index (χ1) is 16.2. The molecule has 10 heteroatoms. The molecule has 2 bridgehead atoms. The number of rotatable bonds is 9. The fourth-order valence-electron chi connectivity index (χ4n) is 5.86. The van der Waals surface area contributed by atoms with Gasteiger partial charge in [0.15, 0.2) is 0 Å². The minimum atomic E-state index is -1.00. The molecule has 2 amide bonds. The van der Waals surface area contributed by atoms with E-state index in [-0.39, 0.29) is 41.6 Å². The second kappa shape index (κ2) is 9.84. The van der Waals surface area contributed by atoms with E-state index in [1.54, 1.807) is 21.9 Å². The first-order valence-corrected chi connectivity index (χ1v) is 13.5. The summed E-state index contributed by atoms with van der Waals surface area (Å²) in [5.41, 5.74) is 1.39. The minimum Gasteiger partial charge on any atom is -0.481 e. The highest BCUT2D eigenvalue weighted by molar-refractivity contribution is 9.09. The summed E-state index contributed by atoms with van der Waals surface area (Å²) in [7, 11) is 0. The number of hydrogen-bond donors (Lipinski definition) is 2. The van der Waals surface area contributed by atoms with Crippen LogP contribution in [0.25, 0.3) is 0 Å². The summed E-state index contributed by atoms with van der Waals surface area (Å²) in [6.07, 6.45) is 3.15. The standard InChI is InChI=1S/C24H28BrClN2O5S/c1-3-9-27(18-13(2)7-6-8-15(18)26)22(31)20-24-12-14(25)19(34-24)16(23(32)33)17(24)21(30)28(20)10-4-5-11-29/h3,6-8,14,16-17,19-20,29H,1,4-5,9-12H2,2H3,(H,32,33)/t14?,16-,17-,19-,20?,24?/m0/s1. The summed E-state index contributed by atoms with van der Waals surface area (Å²) >= 11 is 11.6. The Balaban J connectivity index is 1.82. The van der Waals surface area contributed by atoms with E-state index in [1.165, 1.54) is 11.8 Å². The number of likely N-dealkylation sites (tertiary alicyclic amines) is 1. The van der Waals surface area contributed by atoms with Gasteiger partial charge in [-0.2, -0.15) is 0 Å². The molecule has 0 aliphatic carbocycles.